The number of sulfonamides is 1. The highest BCUT2D eigenvalue weighted by Gasteiger charge is 2.39. The number of benzene rings is 1. The van der Waals surface area contributed by atoms with Crippen LogP contribution in [0.25, 0.3) is 0 Å². The quantitative estimate of drug-likeness (QED) is 0.729. The van der Waals surface area contributed by atoms with Crippen LogP contribution in [-0.4, -0.2) is 37.8 Å². The molecule has 2 heterocycles. The Labute approximate surface area is 164 Å². The molecular weight excluding hydrogens is 384 g/mol. The molecule has 1 atom stereocenters. The van der Waals surface area contributed by atoms with Gasteiger partial charge in [0.25, 0.3) is 10.0 Å². The number of carbonyl (C=O) groups excluding carboxylic acids is 1. The van der Waals surface area contributed by atoms with Crippen molar-refractivity contribution in [3.63, 3.8) is 0 Å². The van der Waals surface area contributed by atoms with E-state index in [-0.39, 0.29) is 10.1 Å². The molecule has 3 rings (SSSR count). The van der Waals surface area contributed by atoms with Crippen molar-refractivity contribution in [1.82, 2.24) is 9.62 Å². The van der Waals surface area contributed by atoms with Crippen LogP contribution in [0.15, 0.2) is 46.0 Å². The standard InChI is InChI=1S/C19H24N2O4S2/c1-2-25-14-16-8-4-3-7-15(16)13-20-19(22)17-9-5-11-21(17)27(23,24)18-10-6-12-26-18/h3-4,6-8,10,12,17H,2,5,9,11,13-14H2,1H3,(H,20,22)/t17-/m0/s1. The Morgan fingerprint density at radius 1 is 1.26 bits per heavy atom. The Kier molecular flexibility index (Phi) is 6.64. The molecule has 0 saturated carbocycles. The molecule has 1 aliphatic rings. The van der Waals surface area contributed by atoms with E-state index in [9.17, 15) is 13.2 Å². The van der Waals surface area contributed by atoms with E-state index in [0.717, 1.165) is 11.1 Å². The molecule has 1 fully saturated rings. The Morgan fingerprint density at radius 2 is 2.04 bits per heavy atom. The fraction of sp³-hybridized carbons (Fsp3) is 0.421. The summed E-state index contributed by atoms with van der Waals surface area (Å²) in [6.07, 6.45) is 1.22. The first-order valence-corrected chi connectivity index (χ1v) is 11.3. The highest BCUT2D eigenvalue weighted by molar-refractivity contribution is 7.91. The van der Waals surface area contributed by atoms with Crippen molar-refractivity contribution in [1.29, 1.82) is 0 Å². The fourth-order valence-electron chi connectivity index (χ4n) is 3.20. The topological polar surface area (TPSA) is 75.7 Å². The van der Waals surface area contributed by atoms with Crippen LogP contribution in [0.3, 0.4) is 0 Å². The summed E-state index contributed by atoms with van der Waals surface area (Å²) < 4.78 is 32.7. The molecule has 0 unspecified atom stereocenters. The van der Waals surface area contributed by atoms with Gasteiger partial charge in [0.2, 0.25) is 5.91 Å². The molecule has 27 heavy (non-hydrogen) atoms. The summed E-state index contributed by atoms with van der Waals surface area (Å²) in [7, 11) is -3.62. The van der Waals surface area contributed by atoms with E-state index in [0.29, 0.717) is 39.1 Å². The molecule has 0 spiro atoms. The molecule has 6 nitrogen and oxygen atoms in total. The highest BCUT2D eigenvalue weighted by Crippen LogP contribution is 2.28. The fourth-order valence-corrected chi connectivity index (χ4v) is 5.97. The summed E-state index contributed by atoms with van der Waals surface area (Å²) in [5.41, 5.74) is 2.00. The molecule has 0 bridgehead atoms. The van der Waals surface area contributed by atoms with E-state index in [2.05, 4.69) is 5.32 Å². The van der Waals surface area contributed by atoms with Gasteiger partial charge in [-0.1, -0.05) is 30.3 Å². The third-order valence-electron chi connectivity index (χ3n) is 4.60. The zero-order chi connectivity index (χ0) is 19.3. The third kappa shape index (κ3) is 4.57. The largest absolute Gasteiger partial charge is 0.377 e. The number of rotatable bonds is 8. The second kappa shape index (κ2) is 8.97. The predicted octanol–water partition coefficient (Wildman–Crippen LogP) is 2.75. The van der Waals surface area contributed by atoms with Gasteiger partial charge in [-0.25, -0.2) is 8.42 Å². The van der Waals surface area contributed by atoms with Gasteiger partial charge >= 0.3 is 0 Å². The normalized spacial score (nSPS) is 17.9. The Morgan fingerprint density at radius 3 is 2.74 bits per heavy atom. The summed E-state index contributed by atoms with van der Waals surface area (Å²) in [4.78, 5) is 12.7. The number of hydrogen-bond donors (Lipinski definition) is 1. The second-order valence-electron chi connectivity index (χ2n) is 6.33. The van der Waals surface area contributed by atoms with E-state index in [1.54, 1.807) is 17.5 Å². The van der Waals surface area contributed by atoms with Gasteiger partial charge in [-0.2, -0.15) is 4.31 Å². The summed E-state index contributed by atoms with van der Waals surface area (Å²) in [5, 5.41) is 4.64. The third-order valence-corrected chi connectivity index (χ3v) is 7.88. The van der Waals surface area contributed by atoms with Crippen LogP contribution in [0.2, 0.25) is 0 Å². The SMILES string of the molecule is CCOCc1ccccc1CNC(=O)[C@@H]1CCCN1S(=O)(=O)c1cccs1. The average molecular weight is 409 g/mol. The molecule has 1 saturated heterocycles. The summed E-state index contributed by atoms with van der Waals surface area (Å²) in [5.74, 6) is -0.251. The van der Waals surface area contributed by atoms with E-state index in [4.69, 9.17) is 4.74 Å². The number of thiophene rings is 1. The first-order chi connectivity index (χ1) is 13.0. The second-order valence-corrected chi connectivity index (χ2v) is 9.39. The molecule has 8 heteroatoms. The maximum absolute atomic E-state index is 12.8. The summed E-state index contributed by atoms with van der Waals surface area (Å²) in [6, 6.07) is 10.4. The van der Waals surface area contributed by atoms with Gasteiger partial charge in [-0.3, -0.25) is 4.79 Å². The molecular formula is C19H24N2O4S2. The maximum Gasteiger partial charge on any atom is 0.253 e. The van der Waals surface area contributed by atoms with Crippen molar-refractivity contribution < 1.29 is 17.9 Å². The minimum Gasteiger partial charge on any atom is -0.377 e. The zero-order valence-electron chi connectivity index (χ0n) is 15.3. The lowest BCUT2D eigenvalue weighted by Gasteiger charge is -2.23. The molecule has 1 aliphatic heterocycles. The molecule has 2 aromatic rings. The van der Waals surface area contributed by atoms with Gasteiger partial charge in [0.15, 0.2) is 0 Å². The highest BCUT2D eigenvalue weighted by atomic mass is 32.2. The zero-order valence-corrected chi connectivity index (χ0v) is 16.9. The van der Waals surface area contributed by atoms with Crippen LogP contribution < -0.4 is 5.32 Å². The minimum absolute atomic E-state index is 0.251. The molecule has 1 aromatic carbocycles. The van der Waals surface area contributed by atoms with Crippen LogP contribution in [0, 0.1) is 0 Å². The van der Waals surface area contributed by atoms with Crippen molar-refractivity contribution >= 4 is 27.3 Å². The van der Waals surface area contributed by atoms with Gasteiger partial charge in [0, 0.05) is 19.7 Å². The van der Waals surface area contributed by atoms with E-state index in [1.807, 2.05) is 31.2 Å². The van der Waals surface area contributed by atoms with Crippen LogP contribution in [0.5, 0.6) is 0 Å². The first-order valence-electron chi connectivity index (χ1n) is 9.01. The Bertz CT molecular complexity index is 866. The Balaban J connectivity index is 1.68. The summed E-state index contributed by atoms with van der Waals surface area (Å²) in [6.45, 7) is 3.78. The molecule has 1 aromatic heterocycles. The molecule has 1 amide bonds. The van der Waals surface area contributed by atoms with Gasteiger partial charge in [0.1, 0.15) is 10.3 Å². The van der Waals surface area contributed by atoms with Crippen molar-refractivity contribution in [2.75, 3.05) is 13.2 Å². The van der Waals surface area contributed by atoms with Gasteiger partial charge < -0.3 is 10.1 Å². The smallest absolute Gasteiger partial charge is 0.253 e. The lowest BCUT2D eigenvalue weighted by molar-refractivity contribution is -0.124. The molecule has 0 radical (unpaired) electrons. The number of hydrogen-bond acceptors (Lipinski definition) is 5. The van der Waals surface area contributed by atoms with Crippen molar-refractivity contribution in [2.45, 2.75) is 43.2 Å². The number of nitrogens with one attached hydrogen (secondary N) is 1. The number of nitrogens with zero attached hydrogens (tertiary/aromatic N) is 1. The summed E-state index contributed by atoms with van der Waals surface area (Å²) >= 11 is 1.17. The van der Waals surface area contributed by atoms with Crippen molar-refractivity contribution in [3.8, 4) is 0 Å². The van der Waals surface area contributed by atoms with Crippen LogP contribution in [0.1, 0.15) is 30.9 Å². The first kappa shape index (κ1) is 20.0. The lowest BCUT2D eigenvalue weighted by atomic mass is 10.1. The van der Waals surface area contributed by atoms with Gasteiger partial charge in [-0.05, 0) is 42.3 Å². The number of carbonyl (C=O) groups is 1. The molecule has 0 aliphatic carbocycles. The lowest BCUT2D eigenvalue weighted by Crippen LogP contribution is -2.45. The van der Waals surface area contributed by atoms with Gasteiger partial charge in [-0.15, -0.1) is 11.3 Å². The van der Waals surface area contributed by atoms with Crippen LogP contribution in [-0.2, 0) is 32.7 Å². The predicted molar refractivity (Wildman–Crippen MR) is 105 cm³/mol. The monoisotopic (exact) mass is 408 g/mol. The van der Waals surface area contributed by atoms with E-state index < -0.39 is 16.1 Å². The minimum atomic E-state index is -3.62. The van der Waals surface area contributed by atoms with Crippen LogP contribution in [0.4, 0.5) is 0 Å². The number of amides is 1. The maximum atomic E-state index is 12.8. The molecule has 1 N–H and O–H groups in total. The van der Waals surface area contributed by atoms with Gasteiger partial charge in [0.05, 0.1) is 6.61 Å². The van der Waals surface area contributed by atoms with Crippen LogP contribution >= 0.6 is 11.3 Å². The average Bonchev–Trinajstić information content (AvgIpc) is 3.37. The van der Waals surface area contributed by atoms with Crippen molar-refractivity contribution in [2.24, 2.45) is 0 Å². The van der Waals surface area contributed by atoms with Crippen molar-refractivity contribution in [3.05, 3.63) is 52.9 Å². The van der Waals surface area contributed by atoms with E-state index >= 15 is 0 Å². The Hall–Kier alpha value is -1.74. The molecule has 146 valence electrons. The number of ether oxygens (including phenoxy) is 1. The van der Waals surface area contributed by atoms with E-state index in [1.165, 1.54) is 15.6 Å².